The maximum absolute atomic E-state index is 12.3. The third-order valence-corrected chi connectivity index (χ3v) is 5.35. The molecule has 0 radical (unpaired) electrons. The lowest BCUT2D eigenvalue weighted by Gasteiger charge is -2.14. The van der Waals surface area contributed by atoms with Crippen LogP contribution in [-0.4, -0.2) is 24.2 Å². The van der Waals surface area contributed by atoms with Crippen molar-refractivity contribution in [1.82, 2.24) is 10.3 Å². The number of hydrogen-bond donors (Lipinski definition) is 3. The molecule has 26 heavy (non-hydrogen) atoms. The van der Waals surface area contributed by atoms with Gasteiger partial charge in [0.1, 0.15) is 5.75 Å². The first kappa shape index (κ1) is 17.1. The van der Waals surface area contributed by atoms with Gasteiger partial charge in [-0.15, -0.1) is 0 Å². The molecular weight excluding hydrogens is 373 g/mol. The minimum atomic E-state index is -0.263. The molecule has 0 fully saturated rings. The first-order valence-electron chi connectivity index (χ1n) is 8.23. The van der Waals surface area contributed by atoms with Crippen LogP contribution in [0.4, 0.5) is 10.5 Å². The number of aromatic amines is 1. The maximum Gasteiger partial charge on any atom is 0.319 e. The molecule has 3 aromatic rings. The quantitative estimate of drug-likeness (QED) is 0.603. The van der Waals surface area contributed by atoms with Gasteiger partial charge in [-0.05, 0) is 48.4 Å². The van der Waals surface area contributed by atoms with Crippen LogP contribution in [0.5, 0.6) is 5.75 Å². The van der Waals surface area contributed by atoms with Crippen molar-refractivity contribution in [2.45, 2.75) is 18.9 Å². The molecule has 7 heteroatoms. The van der Waals surface area contributed by atoms with Gasteiger partial charge in [0.2, 0.25) is 0 Å². The van der Waals surface area contributed by atoms with Crippen LogP contribution in [-0.2, 0) is 12.8 Å². The van der Waals surface area contributed by atoms with E-state index in [1.165, 1.54) is 5.56 Å². The van der Waals surface area contributed by atoms with E-state index < -0.39 is 0 Å². The van der Waals surface area contributed by atoms with E-state index in [2.05, 4.69) is 15.6 Å². The second-order valence-corrected chi connectivity index (χ2v) is 7.14. The molecule has 1 aromatic heterocycles. The number of aromatic nitrogens is 1. The second kappa shape index (κ2) is 6.74. The average molecular weight is 390 g/mol. The number of carbonyl (C=O) groups excluding carboxylic acids is 1. The SMILES string of the molecule is COc1ccc2[nH]c3c(c2c1)CC(NC(=O)Nc1ccc(Cl)c(Cl)c1)C3. The highest BCUT2D eigenvalue weighted by Crippen LogP contribution is 2.32. The van der Waals surface area contributed by atoms with E-state index in [9.17, 15) is 4.79 Å². The highest BCUT2D eigenvalue weighted by atomic mass is 35.5. The normalized spacial score (nSPS) is 15.7. The molecule has 1 aliphatic rings. The lowest BCUT2D eigenvalue weighted by molar-refractivity contribution is 0.249. The molecule has 1 unspecified atom stereocenters. The highest BCUT2D eigenvalue weighted by Gasteiger charge is 2.26. The summed E-state index contributed by atoms with van der Waals surface area (Å²) in [5.74, 6) is 0.827. The Bertz CT molecular complexity index is 1000. The molecule has 0 saturated carbocycles. The van der Waals surface area contributed by atoms with E-state index in [0.717, 1.165) is 35.2 Å². The first-order chi connectivity index (χ1) is 12.5. The Morgan fingerprint density at radius 2 is 2.00 bits per heavy atom. The fourth-order valence-electron chi connectivity index (χ4n) is 3.41. The van der Waals surface area contributed by atoms with Crippen LogP contribution < -0.4 is 15.4 Å². The highest BCUT2D eigenvalue weighted by molar-refractivity contribution is 6.42. The lowest BCUT2D eigenvalue weighted by Crippen LogP contribution is -2.38. The summed E-state index contributed by atoms with van der Waals surface area (Å²) in [6.07, 6.45) is 1.54. The summed E-state index contributed by atoms with van der Waals surface area (Å²) in [6.45, 7) is 0. The van der Waals surface area contributed by atoms with Crippen molar-refractivity contribution in [2.75, 3.05) is 12.4 Å². The Balaban J connectivity index is 1.44. The van der Waals surface area contributed by atoms with Crippen molar-refractivity contribution in [2.24, 2.45) is 0 Å². The number of rotatable bonds is 3. The molecule has 0 aliphatic heterocycles. The summed E-state index contributed by atoms with van der Waals surface area (Å²) in [5.41, 5.74) is 4.09. The zero-order valence-electron chi connectivity index (χ0n) is 14.0. The van der Waals surface area contributed by atoms with Gasteiger partial charge in [0, 0.05) is 34.7 Å². The largest absolute Gasteiger partial charge is 0.497 e. The monoisotopic (exact) mass is 389 g/mol. The summed E-state index contributed by atoms with van der Waals surface area (Å²) >= 11 is 11.9. The minimum Gasteiger partial charge on any atom is -0.497 e. The number of carbonyl (C=O) groups is 1. The van der Waals surface area contributed by atoms with Crippen molar-refractivity contribution >= 4 is 45.8 Å². The molecule has 0 spiro atoms. The molecule has 2 aromatic carbocycles. The third kappa shape index (κ3) is 3.20. The standard InChI is InChI=1S/C19H17Cl2N3O2/c1-26-12-3-5-17-14(9-12)13-6-11(8-18(13)24-17)23-19(25)22-10-2-4-15(20)16(21)7-10/h2-5,7,9,11,24H,6,8H2,1H3,(H2,22,23,25). The molecular formula is C19H17Cl2N3O2. The second-order valence-electron chi connectivity index (χ2n) is 6.33. The smallest absolute Gasteiger partial charge is 0.319 e. The number of fused-ring (bicyclic) bond motifs is 3. The van der Waals surface area contributed by atoms with Gasteiger partial charge >= 0.3 is 6.03 Å². The molecule has 4 rings (SSSR count). The number of methoxy groups -OCH3 is 1. The summed E-state index contributed by atoms with van der Waals surface area (Å²) in [7, 11) is 1.66. The van der Waals surface area contributed by atoms with Crippen LogP contribution in [0.3, 0.4) is 0 Å². The van der Waals surface area contributed by atoms with E-state index in [1.807, 2.05) is 18.2 Å². The van der Waals surface area contributed by atoms with Crippen LogP contribution in [0, 0.1) is 0 Å². The minimum absolute atomic E-state index is 0.0367. The Morgan fingerprint density at radius 3 is 2.77 bits per heavy atom. The van der Waals surface area contributed by atoms with Crippen LogP contribution in [0.15, 0.2) is 36.4 Å². The summed E-state index contributed by atoms with van der Waals surface area (Å²) in [4.78, 5) is 15.7. The number of hydrogen-bond acceptors (Lipinski definition) is 2. The van der Waals surface area contributed by atoms with E-state index >= 15 is 0 Å². The van der Waals surface area contributed by atoms with Gasteiger partial charge in [-0.25, -0.2) is 4.79 Å². The molecule has 134 valence electrons. The number of anilines is 1. The number of halogens is 2. The van der Waals surface area contributed by atoms with Crippen molar-refractivity contribution < 1.29 is 9.53 Å². The number of benzene rings is 2. The molecule has 5 nitrogen and oxygen atoms in total. The van der Waals surface area contributed by atoms with Crippen molar-refractivity contribution in [3.8, 4) is 5.75 Å². The number of nitrogens with one attached hydrogen (secondary N) is 3. The predicted molar refractivity (Wildman–Crippen MR) is 105 cm³/mol. The van der Waals surface area contributed by atoms with E-state index in [0.29, 0.717) is 15.7 Å². The van der Waals surface area contributed by atoms with Gasteiger partial charge in [-0.3, -0.25) is 0 Å². The number of urea groups is 1. The predicted octanol–water partition coefficient (Wildman–Crippen LogP) is 4.77. The van der Waals surface area contributed by atoms with Crippen LogP contribution in [0.1, 0.15) is 11.3 Å². The molecule has 0 bridgehead atoms. The van der Waals surface area contributed by atoms with Crippen LogP contribution in [0.25, 0.3) is 10.9 Å². The Hall–Kier alpha value is -2.37. The van der Waals surface area contributed by atoms with E-state index in [-0.39, 0.29) is 12.1 Å². The zero-order valence-corrected chi connectivity index (χ0v) is 15.5. The van der Waals surface area contributed by atoms with Crippen LogP contribution >= 0.6 is 23.2 Å². The first-order valence-corrected chi connectivity index (χ1v) is 8.99. The third-order valence-electron chi connectivity index (χ3n) is 4.62. The summed E-state index contributed by atoms with van der Waals surface area (Å²) in [6, 6.07) is 10.8. The molecule has 1 aliphatic carbocycles. The average Bonchev–Trinajstić information content (AvgIpc) is 3.14. The zero-order chi connectivity index (χ0) is 18.3. The summed E-state index contributed by atoms with van der Waals surface area (Å²) in [5, 5.41) is 7.80. The Kier molecular flexibility index (Phi) is 4.42. The molecule has 1 heterocycles. The van der Waals surface area contributed by atoms with Crippen molar-refractivity contribution in [3.05, 3.63) is 57.7 Å². The number of ether oxygens (including phenoxy) is 1. The Labute approximate surface area is 160 Å². The molecule has 2 amide bonds. The van der Waals surface area contributed by atoms with Gasteiger partial charge in [0.15, 0.2) is 0 Å². The van der Waals surface area contributed by atoms with E-state index in [4.69, 9.17) is 27.9 Å². The fourth-order valence-corrected chi connectivity index (χ4v) is 3.71. The summed E-state index contributed by atoms with van der Waals surface area (Å²) < 4.78 is 5.31. The van der Waals surface area contributed by atoms with Crippen LogP contribution in [0.2, 0.25) is 10.0 Å². The fraction of sp³-hybridized carbons (Fsp3) is 0.211. The molecule has 3 N–H and O–H groups in total. The number of amides is 2. The molecule has 1 atom stereocenters. The maximum atomic E-state index is 12.3. The van der Waals surface area contributed by atoms with E-state index in [1.54, 1.807) is 25.3 Å². The molecule has 0 saturated heterocycles. The van der Waals surface area contributed by atoms with Crippen molar-refractivity contribution in [3.63, 3.8) is 0 Å². The van der Waals surface area contributed by atoms with Gasteiger partial charge in [-0.2, -0.15) is 0 Å². The van der Waals surface area contributed by atoms with Gasteiger partial charge in [0.25, 0.3) is 0 Å². The lowest BCUT2D eigenvalue weighted by atomic mass is 10.1. The van der Waals surface area contributed by atoms with Gasteiger partial charge in [-0.1, -0.05) is 23.2 Å². The Morgan fingerprint density at radius 1 is 1.15 bits per heavy atom. The number of H-pyrrole nitrogens is 1. The van der Waals surface area contributed by atoms with Crippen molar-refractivity contribution in [1.29, 1.82) is 0 Å². The van der Waals surface area contributed by atoms with Gasteiger partial charge < -0.3 is 20.4 Å². The topological polar surface area (TPSA) is 66.1 Å². The van der Waals surface area contributed by atoms with Gasteiger partial charge in [0.05, 0.1) is 17.2 Å².